The Labute approximate surface area is 153 Å². The molecule has 0 bridgehead atoms. The van der Waals surface area contributed by atoms with Gasteiger partial charge in [0, 0.05) is 0 Å². The van der Waals surface area contributed by atoms with Gasteiger partial charge in [-0.05, 0) is 34.5 Å². The largest absolute Gasteiger partial charge is 0.373 e. The normalized spacial score (nSPS) is 42.2. The fourth-order valence-electron chi connectivity index (χ4n) is 6.18. The lowest BCUT2D eigenvalue weighted by molar-refractivity contribution is -0.169. The molecule has 2 aliphatic carbocycles. The first-order valence-corrected chi connectivity index (χ1v) is 9.83. The summed E-state index contributed by atoms with van der Waals surface area (Å²) in [6.07, 6.45) is 3.61. The van der Waals surface area contributed by atoms with Gasteiger partial charge in [-0.25, -0.2) is 0 Å². The van der Waals surface area contributed by atoms with Gasteiger partial charge in [-0.15, -0.1) is 0 Å². The van der Waals surface area contributed by atoms with Crippen LogP contribution in [0.15, 0.2) is 0 Å². The van der Waals surface area contributed by atoms with E-state index in [0.29, 0.717) is 31.2 Å². The van der Waals surface area contributed by atoms with Gasteiger partial charge in [0.1, 0.15) is 6.79 Å². The van der Waals surface area contributed by atoms with Crippen LogP contribution in [-0.2, 0) is 18.9 Å². The Balaban J connectivity index is 0.000000146. The highest BCUT2D eigenvalue weighted by Gasteiger charge is 2.57. The Morgan fingerprint density at radius 1 is 0.480 bits per heavy atom. The topological polar surface area (TPSA) is 36.9 Å². The van der Waals surface area contributed by atoms with Crippen LogP contribution in [0.25, 0.3) is 0 Å². The van der Waals surface area contributed by atoms with Gasteiger partial charge in [-0.3, -0.25) is 0 Å². The van der Waals surface area contributed by atoms with Gasteiger partial charge in [0.25, 0.3) is 0 Å². The Bertz CT molecular complexity index is 452. The minimum atomic E-state index is 0.272. The molecule has 4 atom stereocenters. The van der Waals surface area contributed by atoms with Crippen LogP contribution < -0.4 is 0 Å². The van der Waals surface area contributed by atoms with Crippen LogP contribution in [0.1, 0.15) is 68.2 Å². The zero-order valence-corrected chi connectivity index (χ0v) is 17.5. The predicted molar refractivity (Wildman–Crippen MR) is 98.5 cm³/mol. The SMILES string of the molecule is CC1(C)CC(C)(C)C2OCCOC21.CC1(C)CC(C)(C)C2OCOC21. The average Bonchev–Trinajstić information content (AvgIpc) is 3.07. The van der Waals surface area contributed by atoms with E-state index >= 15 is 0 Å². The number of hydrogen-bond acceptors (Lipinski definition) is 4. The second-order valence-corrected chi connectivity index (χ2v) is 11.2. The van der Waals surface area contributed by atoms with Gasteiger partial charge in [0.05, 0.1) is 37.6 Å². The molecule has 146 valence electrons. The van der Waals surface area contributed by atoms with Crippen molar-refractivity contribution in [1.29, 1.82) is 0 Å². The van der Waals surface area contributed by atoms with E-state index in [1.807, 2.05) is 0 Å². The number of hydrogen-bond donors (Lipinski definition) is 0. The van der Waals surface area contributed by atoms with E-state index in [0.717, 1.165) is 13.2 Å². The summed E-state index contributed by atoms with van der Waals surface area (Å²) >= 11 is 0. The first kappa shape index (κ1) is 19.6. The van der Waals surface area contributed by atoms with E-state index < -0.39 is 0 Å². The second kappa shape index (κ2) is 6.19. The summed E-state index contributed by atoms with van der Waals surface area (Å²) in [7, 11) is 0. The van der Waals surface area contributed by atoms with Crippen LogP contribution in [-0.4, -0.2) is 44.4 Å². The van der Waals surface area contributed by atoms with Crippen molar-refractivity contribution in [3.8, 4) is 0 Å². The highest BCUT2D eigenvalue weighted by Crippen LogP contribution is 2.54. The van der Waals surface area contributed by atoms with Crippen molar-refractivity contribution in [2.75, 3.05) is 20.0 Å². The van der Waals surface area contributed by atoms with Crippen molar-refractivity contribution in [3.05, 3.63) is 0 Å². The van der Waals surface area contributed by atoms with Crippen LogP contribution in [0.3, 0.4) is 0 Å². The fraction of sp³-hybridized carbons (Fsp3) is 1.00. The zero-order valence-electron chi connectivity index (χ0n) is 17.5. The summed E-state index contributed by atoms with van der Waals surface area (Å²) in [4.78, 5) is 0. The maximum absolute atomic E-state index is 5.83. The van der Waals surface area contributed by atoms with Gasteiger partial charge in [-0.2, -0.15) is 0 Å². The highest BCUT2D eigenvalue weighted by atomic mass is 16.7. The Hall–Kier alpha value is -0.160. The molecule has 0 aromatic carbocycles. The molecule has 0 spiro atoms. The van der Waals surface area contributed by atoms with Gasteiger partial charge in [0.15, 0.2) is 0 Å². The van der Waals surface area contributed by atoms with Crippen molar-refractivity contribution < 1.29 is 18.9 Å². The van der Waals surface area contributed by atoms with E-state index in [2.05, 4.69) is 55.4 Å². The quantitative estimate of drug-likeness (QED) is 0.646. The Morgan fingerprint density at radius 3 is 1.08 bits per heavy atom. The monoisotopic (exact) mass is 354 g/mol. The minimum absolute atomic E-state index is 0.272. The molecule has 2 saturated heterocycles. The van der Waals surface area contributed by atoms with E-state index in [4.69, 9.17) is 18.9 Å². The summed E-state index contributed by atoms with van der Waals surface area (Å²) in [5.41, 5.74) is 1.11. The standard InChI is InChI=1S/C11H20O2.C10H18O2/c1-10(2)7-11(3,4)9-8(10)12-5-6-13-9;1-9(2)5-10(3,4)8-7(9)11-6-12-8/h8-9H,5-7H2,1-4H3;7-8H,5-6H2,1-4H3. The van der Waals surface area contributed by atoms with Crippen molar-refractivity contribution in [2.45, 2.75) is 92.6 Å². The molecule has 4 fully saturated rings. The molecule has 4 aliphatic rings. The van der Waals surface area contributed by atoms with Crippen LogP contribution in [0.2, 0.25) is 0 Å². The number of ether oxygens (including phenoxy) is 4. The molecule has 0 aromatic rings. The molecule has 4 rings (SSSR count). The molecule has 25 heavy (non-hydrogen) atoms. The lowest BCUT2D eigenvalue weighted by atomic mass is 9.84. The first-order chi connectivity index (χ1) is 11.4. The molecule has 2 saturated carbocycles. The van der Waals surface area contributed by atoms with Crippen LogP contribution >= 0.6 is 0 Å². The van der Waals surface area contributed by atoms with E-state index in [-0.39, 0.29) is 21.7 Å². The molecule has 4 nitrogen and oxygen atoms in total. The van der Waals surface area contributed by atoms with Crippen LogP contribution in [0, 0.1) is 21.7 Å². The van der Waals surface area contributed by atoms with E-state index in [1.54, 1.807) is 0 Å². The van der Waals surface area contributed by atoms with E-state index in [9.17, 15) is 0 Å². The Morgan fingerprint density at radius 2 is 0.760 bits per heavy atom. The smallest absolute Gasteiger partial charge is 0.147 e. The molecule has 0 aromatic heterocycles. The lowest BCUT2D eigenvalue weighted by Gasteiger charge is -2.36. The molecule has 2 aliphatic heterocycles. The predicted octanol–water partition coefficient (Wildman–Crippen LogP) is 4.41. The summed E-state index contributed by atoms with van der Waals surface area (Å²) in [5.74, 6) is 0. The molecule has 0 amide bonds. The molecule has 4 heteroatoms. The first-order valence-electron chi connectivity index (χ1n) is 9.83. The number of rotatable bonds is 0. The minimum Gasteiger partial charge on any atom is -0.373 e. The molecular formula is C21H38O4. The zero-order chi connectivity index (χ0) is 18.7. The summed E-state index contributed by atoms with van der Waals surface area (Å²) in [5, 5.41) is 0. The van der Waals surface area contributed by atoms with Gasteiger partial charge in [-0.1, -0.05) is 55.4 Å². The van der Waals surface area contributed by atoms with Crippen molar-refractivity contribution in [2.24, 2.45) is 21.7 Å². The lowest BCUT2D eigenvalue weighted by Crippen LogP contribution is -2.44. The summed E-state index contributed by atoms with van der Waals surface area (Å²) in [6.45, 7) is 20.2. The van der Waals surface area contributed by atoms with Crippen molar-refractivity contribution >= 4 is 0 Å². The number of fused-ring (bicyclic) bond motifs is 2. The third-order valence-corrected chi connectivity index (χ3v) is 6.63. The third-order valence-electron chi connectivity index (χ3n) is 6.63. The van der Waals surface area contributed by atoms with Crippen molar-refractivity contribution in [3.63, 3.8) is 0 Å². The van der Waals surface area contributed by atoms with E-state index in [1.165, 1.54) is 12.8 Å². The maximum atomic E-state index is 5.83. The molecular weight excluding hydrogens is 316 g/mol. The van der Waals surface area contributed by atoms with Crippen LogP contribution in [0.4, 0.5) is 0 Å². The third kappa shape index (κ3) is 3.52. The summed E-state index contributed by atoms with van der Waals surface area (Å²) in [6, 6.07) is 0. The highest BCUT2D eigenvalue weighted by molar-refractivity contribution is 5.05. The average molecular weight is 355 g/mol. The van der Waals surface area contributed by atoms with Gasteiger partial charge in [0.2, 0.25) is 0 Å². The summed E-state index contributed by atoms with van der Waals surface area (Å²) < 4.78 is 22.9. The maximum Gasteiger partial charge on any atom is 0.147 e. The molecule has 0 radical (unpaired) electrons. The fourth-order valence-corrected chi connectivity index (χ4v) is 6.18. The molecule has 4 unspecified atom stereocenters. The van der Waals surface area contributed by atoms with Crippen LogP contribution in [0.5, 0.6) is 0 Å². The van der Waals surface area contributed by atoms with Crippen molar-refractivity contribution in [1.82, 2.24) is 0 Å². The molecule has 0 N–H and O–H groups in total. The Kier molecular flexibility index (Phi) is 4.85. The molecule has 2 heterocycles. The van der Waals surface area contributed by atoms with Gasteiger partial charge >= 0.3 is 0 Å². The second-order valence-electron chi connectivity index (χ2n) is 11.2. The van der Waals surface area contributed by atoms with Gasteiger partial charge < -0.3 is 18.9 Å².